The molecule has 0 fully saturated rings. The molecule has 0 amide bonds. The molecule has 0 bridgehead atoms. The van der Waals surface area contributed by atoms with Crippen molar-refractivity contribution in [1.82, 2.24) is 10.2 Å². The van der Waals surface area contributed by atoms with Crippen molar-refractivity contribution in [2.45, 2.75) is 33.9 Å². The van der Waals surface area contributed by atoms with Crippen LogP contribution in [0.25, 0.3) is 0 Å². The number of nitrogens with zero attached hydrogens (tertiary/aromatic N) is 1. The van der Waals surface area contributed by atoms with Crippen molar-refractivity contribution in [2.75, 3.05) is 20.1 Å². The Labute approximate surface area is 97.3 Å². The number of hydrogen-bond acceptors (Lipinski definition) is 3. The Hall–Kier alpha value is -0.380. The van der Waals surface area contributed by atoms with Crippen LogP contribution in [0.1, 0.15) is 29.2 Å². The highest BCUT2D eigenvalue weighted by atomic mass is 32.1. The largest absolute Gasteiger partial charge is 0.312 e. The van der Waals surface area contributed by atoms with E-state index >= 15 is 0 Å². The Morgan fingerprint density at radius 2 is 2.13 bits per heavy atom. The fraction of sp³-hybridized carbons (Fsp3) is 0.667. The van der Waals surface area contributed by atoms with E-state index in [1.54, 1.807) is 0 Å². The van der Waals surface area contributed by atoms with Crippen LogP contribution in [0, 0.1) is 6.92 Å². The maximum absolute atomic E-state index is 3.37. The van der Waals surface area contributed by atoms with Gasteiger partial charge in [-0.25, -0.2) is 0 Å². The molecule has 0 radical (unpaired) electrons. The molecule has 1 N–H and O–H groups in total. The van der Waals surface area contributed by atoms with E-state index in [-0.39, 0.29) is 0 Å². The van der Waals surface area contributed by atoms with Crippen molar-refractivity contribution < 1.29 is 0 Å². The molecule has 0 aliphatic heterocycles. The van der Waals surface area contributed by atoms with E-state index in [0.717, 1.165) is 26.2 Å². The SMILES string of the molecule is CCNCc1cc(CN(C)CC)c(C)s1. The predicted octanol–water partition coefficient (Wildman–Crippen LogP) is 2.62. The lowest BCUT2D eigenvalue weighted by Crippen LogP contribution is -2.16. The monoisotopic (exact) mass is 226 g/mol. The van der Waals surface area contributed by atoms with Crippen LogP contribution in [0.3, 0.4) is 0 Å². The van der Waals surface area contributed by atoms with E-state index in [1.807, 2.05) is 11.3 Å². The minimum atomic E-state index is 1.01. The highest BCUT2D eigenvalue weighted by Crippen LogP contribution is 2.22. The summed E-state index contributed by atoms with van der Waals surface area (Å²) in [4.78, 5) is 5.25. The molecule has 1 aromatic heterocycles. The quantitative estimate of drug-likeness (QED) is 0.802. The molecule has 0 aliphatic rings. The molecule has 0 saturated carbocycles. The van der Waals surface area contributed by atoms with Gasteiger partial charge in [0.1, 0.15) is 0 Å². The van der Waals surface area contributed by atoms with Crippen LogP contribution in [0.4, 0.5) is 0 Å². The first-order chi connectivity index (χ1) is 7.17. The van der Waals surface area contributed by atoms with E-state index in [2.05, 4.69) is 44.1 Å². The van der Waals surface area contributed by atoms with Gasteiger partial charge < -0.3 is 10.2 Å². The lowest BCUT2D eigenvalue weighted by Gasteiger charge is -2.12. The summed E-state index contributed by atoms with van der Waals surface area (Å²) in [5, 5.41) is 3.37. The topological polar surface area (TPSA) is 15.3 Å². The smallest absolute Gasteiger partial charge is 0.0299 e. The van der Waals surface area contributed by atoms with Crippen LogP contribution in [-0.4, -0.2) is 25.0 Å². The minimum absolute atomic E-state index is 1.01. The molecule has 15 heavy (non-hydrogen) atoms. The van der Waals surface area contributed by atoms with Crippen molar-refractivity contribution in [3.05, 3.63) is 21.4 Å². The summed E-state index contributed by atoms with van der Waals surface area (Å²) in [7, 11) is 2.17. The lowest BCUT2D eigenvalue weighted by atomic mass is 10.2. The van der Waals surface area contributed by atoms with Gasteiger partial charge in [-0.2, -0.15) is 0 Å². The molecule has 2 nitrogen and oxygen atoms in total. The molecular weight excluding hydrogens is 204 g/mol. The van der Waals surface area contributed by atoms with E-state index < -0.39 is 0 Å². The molecule has 0 aliphatic carbocycles. The Morgan fingerprint density at radius 3 is 2.73 bits per heavy atom. The Bertz CT molecular complexity index is 294. The third kappa shape index (κ3) is 3.93. The second-order valence-corrected chi connectivity index (χ2v) is 5.25. The molecule has 0 unspecified atom stereocenters. The lowest BCUT2D eigenvalue weighted by molar-refractivity contribution is 0.345. The number of hydrogen-bond donors (Lipinski definition) is 1. The third-order valence-corrected chi connectivity index (χ3v) is 3.69. The molecule has 3 heteroatoms. The van der Waals surface area contributed by atoms with Gasteiger partial charge in [-0.05, 0) is 38.7 Å². The molecule has 1 aromatic rings. The van der Waals surface area contributed by atoms with Gasteiger partial charge in [0.05, 0.1) is 0 Å². The van der Waals surface area contributed by atoms with Gasteiger partial charge in [-0.1, -0.05) is 13.8 Å². The van der Waals surface area contributed by atoms with Crippen molar-refractivity contribution in [1.29, 1.82) is 0 Å². The highest BCUT2D eigenvalue weighted by molar-refractivity contribution is 7.12. The van der Waals surface area contributed by atoms with Crippen LogP contribution in [-0.2, 0) is 13.1 Å². The Kier molecular flexibility index (Phi) is 5.29. The molecule has 1 rings (SSSR count). The van der Waals surface area contributed by atoms with Crippen molar-refractivity contribution in [3.63, 3.8) is 0 Å². The molecule has 0 aromatic carbocycles. The third-order valence-electron chi connectivity index (χ3n) is 2.60. The first-order valence-electron chi connectivity index (χ1n) is 5.64. The van der Waals surface area contributed by atoms with E-state index in [4.69, 9.17) is 0 Å². The zero-order valence-corrected chi connectivity index (χ0v) is 11.1. The van der Waals surface area contributed by atoms with E-state index in [9.17, 15) is 0 Å². The summed E-state index contributed by atoms with van der Waals surface area (Å²) >= 11 is 1.92. The van der Waals surface area contributed by atoms with Gasteiger partial charge in [0.15, 0.2) is 0 Å². The summed E-state index contributed by atoms with van der Waals surface area (Å²) in [6.45, 7) is 10.8. The second kappa shape index (κ2) is 6.26. The summed E-state index contributed by atoms with van der Waals surface area (Å²) < 4.78 is 0. The number of thiophene rings is 1. The van der Waals surface area contributed by atoms with E-state index in [0.29, 0.717) is 0 Å². The number of aryl methyl sites for hydroxylation is 1. The molecule has 0 spiro atoms. The zero-order valence-electron chi connectivity index (χ0n) is 10.3. The van der Waals surface area contributed by atoms with Crippen LogP contribution in [0.5, 0.6) is 0 Å². The number of nitrogens with one attached hydrogen (secondary N) is 1. The van der Waals surface area contributed by atoms with Gasteiger partial charge in [-0.3, -0.25) is 0 Å². The highest BCUT2D eigenvalue weighted by Gasteiger charge is 2.06. The fourth-order valence-corrected chi connectivity index (χ4v) is 2.51. The van der Waals surface area contributed by atoms with Gasteiger partial charge >= 0.3 is 0 Å². The zero-order chi connectivity index (χ0) is 11.3. The first kappa shape index (κ1) is 12.7. The average Bonchev–Trinajstić information content (AvgIpc) is 2.56. The van der Waals surface area contributed by atoms with Gasteiger partial charge in [0.2, 0.25) is 0 Å². The Morgan fingerprint density at radius 1 is 1.40 bits per heavy atom. The van der Waals surface area contributed by atoms with Gasteiger partial charge in [0.25, 0.3) is 0 Å². The molecule has 0 atom stereocenters. The standard InChI is InChI=1S/C12H22N2S/c1-5-13-8-12-7-11(10(3)15-12)9-14(4)6-2/h7,13H,5-6,8-9H2,1-4H3. The van der Waals surface area contributed by atoms with Crippen molar-refractivity contribution >= 4 is 11.3 Å². The number of rotatable bonds is 6. The van der Waals surface area contributed by atoms with Gasteiger partial charge in [-0.15, -0.1) is 11.3 Å². The van der Waals surface area contributed by atoms with Crippen LogP contribution < -0.4 is 5.32 Å². The van der Waals surface area contributed by atoms with Crippen LogP contribution in [0.2, 0.25) is 0 Å². The maximum Gasteiger partial charge on any atom is 0.0299 e. The second-order valence-electron chi connectivity index (χ2n) is 3.90. The van der Waals surface area contributed by atoms with Gasteiger partial charge in [0, 0.05) is 22.8 Å². The van der Waals surface area contributed by atoms with E-state index in [1.165, 1.54) is 15.3 Å². The first-order valence-corrected chi connectivity index (χ1v) is 6.46. The summed E-state index contributed by atoms with van der Waals surface area (Å²) in [6, 6.07) is 2.34. The summed E-state index contributed by atoms with van der Waals surface area (Å²) in [5.41, 5.74) is 1.48. The normalized spacial score (nSPS) is 11.3. The summed E-state index contributed by atoms with van der Waals surface area (Å²) in [6.07, 6.45) is 0. The maximum atomic E-state index is 3.37. The van der Waals surface area contributed by atoms with Crippen molar-refractivity contribution in [3.8, 4) is 0 Å². The molecule has 86 valence electrons. The summed E-state index contributed by atoms with van der Waals surface area (Å²) in [5.74, 6) is 0. The van der Waals surface area contributed by atoms with Crippen LogP contribution in [0.15, 0.2) is 6.07 Å². The molecular formula is C12H22N2S. The predicted molar refractivity (Wildman–Crippen MR) is 68.4 cm³/mol. The fourth-order valence-electron chi connectivity index (χ4n) is 1.48. The molecule has 0 saturated heterocycles. The molecule has 1 heterocycles. The Balaban J connectivity index is 2.60. The minimum Gasteiger partial charge on any atom is -0.312 e. The van der Waals surface area contributed by atoms with Crippen LogP contribution >= 0.6 is 11.3 Å². The van der Waals surface area contributed by atoms with Crippen molar-refractivity contribution in [2.24, 2.45) is 0 Å². The average molecular weight is 226 g/mol.